The molecule has 0 radical (unpaired) electrons. The Morgan fingerprint density at radius 2 is 2.19 bits per heavy atom. The molecule has 16 heavy (non-hydrogen) atoms. The monoisotopic (exact) mass is 241 g/mol. The first-order valence-electron chi connectivity index (χ1n) is 5.27. The molecular weight excluding hydrogens is 229 g/mol. The number of benzene rings is 1. The molecule has 0 heterocycles. The molecule has 1 fully saturated rings. The molecule has 0 atom stereocenters. The van der Waals surface area contributed by atoms with Crippen molar-refractivity contribution in [1.82, 2.24) is 0 Å². The van der Waals surface area contributed by atoms with Gasteiger partial charge in [0.2, 0.25) is 0 Å². The highest BCUT2D eigenvalue weighted by molar-refractivity contribution is 6.30. The van der Waals surface area contributed by atoms with E-state index in [2.05, 4.69) is 0 Å². The van der Waals surface area contributed by atoms with Gasteiger partial charge >= 0.3 is 0 Å². The summed E-state index contributed by atoms with van der Waals surface area (Å²) in [5.41, 5.74) is 5.97. The lowest BCUT2D eigenvalue weighted by atomic mass is 9.73. The second-order valence-corrected chi connectivity index (χ2v) is 4.77. The summed E-state index contributed by atoms with van der Waals surface area (Å²) in [6.07, 6.45) is 2.74. The third-order valence-electron chi connectivity index (χ3n) is 3.15. The third kappa shape index (κ3) is 2.11. The molecule has 4 heteroatoms. The number of hydrogen-bond acceptors (Lipinski definition) is 2. The fourth-order valence-corrected chi connectivity index (χ4v) is 2.05. The molecule has 0 saturated heterocycles. The van der Waals surface area contributed by atoms with E-state index >= 15 is 0 Å². The zero-order valence-corrected chi connectivity index (χ0v) is 9.56. The number of Topliss-reactive ketones (excluding diaryl/α,β-unsaturated/α-hetero) is 1. The van der Waals surface area contributed by atoms with Crippen LogP contribution in [0.1, 0.15) is 24.8 Å². The van der Waals surface area contributed by atoms with Crippen LogP contribution >= 0.6 is 11.6 Å². The van der Waals surface area contributed by atoms with Gasteiger partial charge in [-0.3, -0.25) is 4.79 Å². The van der Waals surface area contributed by atoms with E-state index < -0.39 is 11.4 Å². The van der Waals surface area contributed by atoms with Gasteiger partial charge in [-0.25, -0.2) is 4.39 Å². The standard InChI is InChI=1S/C12H13ClFNO/c13-9-6-8(2-3-10(9)14)7-11(16)12(15)4-1-5-12/h2-3,6H,1,4-5,7,15H2. The van der Waals surface area contributed by atoms with Crippen LogP contribution < -0.4 is 5.73 Å². The molecule has 86 valence electrons. The van der Waals surface area contributed by atoms with Crippen molar-refractivity contribution in [2.45, 2.75) is 31.2 Å². The first-order chi connectivity index (χ1) is 7.51. The van der Waals surface area contributed by atoms with Gasteiger partial charge in [-0.15, -0.1) is 0 Å². The number of carbonyl (C=O) groups is 1. The van der Waals surface area contributed by atoms with Crippen molar-refractivity contribution in [3.63, 3.8) is 0 Å². The number of halogens is 2. The lowest BCUT2D eigenvalue weighted by Gasteiger charge is -2.36. The third-order valence-corrected chi connectivity index (χ3v) is 3.44. The van der Waals surface area contributed by atoms with Crippen molar-refractivity contribution in [3.05, 3.63) is 34.6 Å². The summed E-state index contributed by atoms with van der Waals surface area (Å²) in [6.45, 7) is 0. The van der Waals surface area contributed by atoms with Gasteiger partial charge in [-0.05, 0) is 37.0 Å². The van der Waals surface area contributed by atoms with Crippen molar-refractivity contribution >= 4 is 17.4 Å². The lowest BCUT2D eigenvalue weighted by molar-refractivity contribution is -0.126. The zero-order valence-electron chi connectivity index (χ0n) is 8.80. The van der Waals surface area contributed by atoms with E-state index in [1.165, 1.54) is 12.1 Å². The van der Waals surface area contributed by atoms with E-state index in [1.807, 2.05) is 0 Å². The molecule has 0 amide bonds. The first-order valence-corrected chi connectivity index (χ1v) is 5.65. The van der Waals surface area contributed by atoms with Crippen molar-refractivity contribution < 1.29 is 9.18 Å². The lowest BCUT2D eigenvalue weighted by Crippen LogP contribution is -2.54. The maximum absolute atomic E-state index is 12.9. The molecule has 1 aromatic carbocycles. The second kappa shape index (κ2) is 4.15. The summed E-state index contributed by atoms with van der Waals surface area (Å²) in [7, 11) is 0. The fourth-order valence-electron chi connectivity index (χ4n) is 1.85. The van der Waals surface area contributed by atoms with Gasteiger partial charge < -0.3 is 5.73 Å². The quantitative estimate of drug-likeness (QED) is 0.884. The summed E-state index contributed by atoms with van der Waals surface area (Å²) < 4.78 is 12.9. The van der Waals surface area contributed by atoms with Crippen LogP contribution in [0.3, 0.4) is 0 Å². The maximum atomic E-state index is 12.9. The summed E-state index contributed by atoms with van der Waals surface area (Å²) in [6, 6.07) is 4.33. The molecule has 1 saturated carbocycles. The van der Waals surface area contributed by atoms with Gasteiger partial charge in [0.15, 0.2) is 5.78 Å². The molecule has 2 nitrogen and oxygen atoms in total. The molecule has 0 bridgehead atoms. The number of hydrogen-bond donors (Lipinski definition) is 1. The Kier molecular flexibility index (Phi) is 3.00. The van der Waals surface area contributed by atoms with Crippen molar-refractivity contribution in [2.75, 3.05) is 0 Å². The van der Waals surface area contributed by atoms with E-state index in [0.29, 0.717) is 5.56 Å². The maximum Gasteiger partial charge on any atom is 0.156 e. The highest BCUT2D eigenvalue weighted by atomic mass is 35.5. The highest BCUT2D eigenvalue weighted by Crippen LogP contribution is 2.31. The van der Waals surface area contributed by atoms with Gasteiger partial charge in [0, 0.05) is 6.42 Å². The van der Waals surface area contributed by atoms with Gasteiger partial charge in [-0.2, -0.15) is 0 Å². The molecule has 1 aliphatic carbocycles. The van der Waals surface area contributed by atoms with Crippen LogP contribution in [0.5, 0.6) is 0 Å². The summed E-state index contributed by atoms with van der Waals surface area (Å²) in [5.74, 6) is -0.453. The fraction of sp³-hybridized carbons (Fsp3) is 0.417. The van der Waals surface area contributed by atoms with Crippen LogP contribution in [0.15, 0.2) is 18.2 Å². The Bertz CT molecular complexity index is 429. The molecular formula is C12H13ClFNO. The number of carbonyl (C=O) groups excluding carboxylic acids is 1. The smallest absolute Gasteiger partial charge is 0.156 e. The minimum atomic E-state index is -0.652. The van der Waals surface area contributed by atoms with Crippen molar-refractivity contribution in [2.24, 2.45) is 5.73 Å². The Labute approximate surface area is 98.6 Å². The van der Waals surface area contributed by atoms with Gasteiger partial charge in [0.05, 0.1) is 10.6 Å². The van der Waals surface area contributed by atoms with Crippen molar-refractivity contribution in [3.8, 4) is 0 Å². The normalized spacial score (nSPS) is 17.9. The predicted molar refractivity (Wildman–Crippen MR) is 60.9 cm³/mol. The van der Waals surface area contributed by atoms with Crippen LogP contribution in [0.2, 0.25) is 5.02 Å². The molecule has 1 aromatic rings. The molecule has 2 N–H and O–H groups in total. The predicted octanol–water partition coefficient (Wildman–Crippen LogP) is 2.47. The molecule has 0 spiro atoms. The van der Waals surface area contributed by atoms with E-state index in [0.717, 1.165) is 19.3 Å². The van der Waals surface area contributed by atoms with E-state index in [9.17, 15) is 9.18 Å². The molecule has 2 rings (SSSR count). The highest BCUT2D eigenvalue weighted by Gasteiger charge is 2.39. The van der Waals surface area contributed by atoms with E-state index in [1.54, 1.807) is 6.07 Å². The zero-order chi connectivity index (χ0) is 11.8. The molecule has 1 aliphatic rings. The number of rotatable bonds is 3. The Hall–Kier alpha value is -0.930. The minimum absolute atomic E-state index is 0.0152. The number of ketones is 1. The topological polar surface area (TPSA) is 43.1 Å². The molecule has 0 unspecified atom stereocenters. The Balaban J connectivity index is 2.09. The first kappa shape index (κ1) is 11.6. The average Bonchev–Trinajstić information content (AvgIpc) is 2.20. The number of nitrogens with two attached hydrogens (primary N) is 1. The van der Waals surface area contributed by atoms with Crippen LogP contribution in [0.25, 0.3) is 0 Å². The van der Waals surface area contributed by atoms with E-state index in [-0.39, 0.29) is 17.2 Å². The van der Waals surface area contributed by atoms with Crippen LogP contribution in [0, 0.1) is 5.82 Å². The largest absolute Gasteiger partial charge is 0.319 e. The average molecular weight is 242 g/mol. The molecule has 0 aromatic heterocycles. The van der Waals surface area contributed by atoms with Crippen LogP contribution in [0.4, 0.5) is 4.39 Å². The van der Waals surface area contributed by atoms with Crippen molar-refractivity contribution in [1.29, 1.82) is 0 Å². The summed E-state index contributed by atoms with van der Waals surface area (Å²) in [5, 5.41) is 0.0463. The minimum Gasteiger partial charge on any atom is -0.319 e. The van der Waals surface area contributed by atoms with Crippen LogP contribution in [-0.2, 0) is 11.2 Å². The second-order valence-electron chi connectivity index (χ2n) is 4.36. The Morgan fingerprint density at radius 1 is 1.50 bits per heavy atom. The summed E-state index contributed by atoms with van der Waals surface area (Å²) >= 11 is 5.64. The SMILES string of the molecule is NC1(C(=O)Cc2ccc(F)c(Cl)c2)CCC1. The van der Waals surface area contributed by atoms with Gasteiger partial charge in [0.25, 0.3) is 0 Å². The van der Waals surface area contributed by atoms with Gasteiger partial charge in [-0.1, -0.05) is 17.7 Å². The van der Waals surface area contributed by atoms with Crippen LogP contribution in [-0.4, -0.2) is 11.3 Å². The summed E-state index contributed by atoms with van der Waals surface area (Å²) in [4.78, 5) is 11.9. The Morgan fingerprint density at radius 3 is 2.69 bits per heavy atom. The van der Waals surface area contributed by atoms with E-state index in [4.69, 9.17) is 17.3 Å². The molecule has 0 aliphatic heterocycles. The van der Waals surface area contributed by atoms with Gasteiger partial charge in [0.1, 0.15) is 5.82 Å².